The second-order valence-corrected chi connectivity index (χ2v) is 7.44. The Morgan fingerprint density at radius 2 is 1.57 bits per heavy atom. The minimum Gasteiger partial charge on any atom is -0.325 e. The molecule has 1 unspecified atom stereocenters. The molecular formula is C23H23FN2OS. The number of carbonyl (C=O) groups is 1. The van der Waals surface area contributed by atoms with Gasteiger partial charge in [0.25, 0.3) is 0 Å². The zero-order valence-electron chi connectivity index (χ0n) is 15.9. The number of hydrogen-bond donors (Lipinski definition) is 1. The lowest BCUT2D eigenvalue weighted by Gasteiger charge is -2.28. The van der Waals surface area contributed by atoms with Crippen molar-refractivity contribution < 1.29 is 9.18 Å². The van der Waals surface area contributed by atoms with E-state index < -0.39 is 0 Å². The van der Waals surface area contributed by atoms with Crippen LogP contribution < -0.4 is 5.32 Å². The van der Waals surface area contributed by atoms with Crippen molar-refractivity contribution in [3.05, 3.63) is 95.8 Å². The highest BCUT2D eigenvalue weighted by Crippen LogP contribution is 2.27. The molecule has 3 aromatic rings. The molecule has 1 atom stereocenters. The second-order valence-electron chi connectivity index (χ2n) is 6.56. The largest absolute Gasteiger partial charge is 0.325 e. The van der Waals surface area contributed by atoms with Crippen LogP contribution in [0.4, 0.5) is 10.1 Å². The van der Waals surface area contributed by atoms with Gasteiger partial charge in [0.1, 0.15) is 5.82 Å². The molecule has 0 heterocycles. The first kappa shape index (κ1) is 20.1. The first-order chi connectivity index (χ1) is 13.6. The highest BCUT2D eigenvalue weighted by molar-refractivity contribution is 7.98. The standard InChI is InChI=1S/C23H23FN2OS/c1-26(16-22(27)25-20-12-14-21(28-2)15-13-20)23(17-6-4-3-5-7-17)18-8-10-19(24)11-9-18/h3-15,23H,16H2,1-2H3,(H,25,27). The summed E-state index contributed by atoms with van der Waals surface area (Å²) < 4.78 is 13.4. The molecule has 0 saturated heterocycles. The van der Waals surface area contributed by atoms with E-state index >= 15 is 0 Å². The van der Waals surface area contributed by atoms with Crippen LogP contribution in [0.5, 0.6) is 0 Å². The summed E-state index contributed by atoms with van der Waals surface area (Å²) in [6.07, 6.45) is 2.02. The van der Waals surface area contributed by atoms with Crippen molar-refractivity contribution in [1.82, 2.24) is 4.90 Å². The highest BCUT2D eigenvalue weighted by atomic mass is 32.2. The predicted octanol–water partition coefficient (Wildman–Crippen LogP) is 5.21. The molecular weight excluding hydrogens is 371 g/mol. The summed E-state index contributed by atoms with van der Waals surface area (Å²) in [5.74, 6) is -0.368. The maximum atomic E-state index is 13.4. The Bertz CT molecular complexity index is 898. The van der Waals surface area contributed by atoms with Crippen LogP contribution in [0.25, 0.3) is 0 Å². The van der Waals surface area contributed by atoms with Gasteiger partial charge in [-0.15, -0.1) is 11.8 Å². The smallest absolute Gasteiger partial charge is 0.238 e. The molecule has 1 N–H and O–H groups in total. The second kappa shape index (κ2) is 9.53. The van der Waals surface area contributed by atoms with Gasteiger partial charge in [-0.1, -0.05) is 42.5 Å². The Hall–Kier alpha value is -2.63. The van der Waals surface area contributed by atoms with Crippen LogP contribution >= 0.6 is 11.8 Å². The van der Waals surface area contributed by atoms with Crippen molar-refractivity contribution in [2.75, 3.05) is 25.2 Å². The van der Waals surface area contributed by atoms with Gasteiger partial charge in [-0.05, 0) is 60.8 Å². The van der Waals surface area contributed by atoms with Crippen LogP contribution in [0.2, 0.25) is 0 Å². The van der Waals surface area contributed by atoms with E-state index in [4.69, 9.17) is 0 Å². The van der Waals surface area contributed by atoms with Gasteiger partial charge in [-0.3, -0.25) is 9.69 Å². The number of amides is 1. The zero-order valence-corrected chi connectivity index (χ0v) is 16.7. The Balaban J connectivity index is 1.76. The average molecular weight is 395 g/mol. The van der Waals surface area contributed by atoms with E-state index in [1.54, 1.807) is 23.9 Å². The molecule has 0 fully saturated rings. The summed E-state index contributed by atoms with van der Waals surface area (Å²) in [5.41, 5.74) is 2.76. The minimum atomic E-state index is -0.273. The number of halogens is 1. The van der Waals surface area contributed by atoms with E-state index in [2.05, 4.69) is 5.32 Å². The van der Waals surface area contributed by atoms with Crippen LogP contribution in [0.1, 0.15) is 17.2 Å². The number of benzene rings is 3. The Morgan fingerprint density at radius 3 is 2.18 bits per heavy atom. The molecule has 0 aliphatic rings. The molecule has 3 nitrogen and oxygen atoms in total. The Morgan fingerprint density at radius 1 is 0.964 bits per heavy atom. The number of likely N-dealkylation sites (N-methyl/N-ethyl adjacent to an activating group) is 1. The monoisotopic (exact) mass is 394 g/mol. The summed E-state index contributed by atoms with van der Waals surface area (Å²) in [5, 5.41) is 2.94. The van der Waals surface area contributed by atoms with Gasteiger partial charge in [0.2, 0.25) is 5.91 Å². The van der Waals surface area contributed by atoms with Gasteiger partial charge in [0.05, 0.1) is 12.6 Å². The molecule has 0 aliphatic heterocycles. The van der Waals surface area contributed by atoms with Crippen LogP contribution in [-0.4, -0.2) is 30.7 Å². The van der Waals surface area contributed by atoms with Crippen molar-refractivity contribution >= 4 is 23.4 Å². The molecule has 0 saturated carbocycles. The van der Waals surface area contributed by atoms with E-state index in [0.29, 0.717) is 0 Å². The third-order valence-electron chi connectivity index (χ3n) is 4.51. The summed E-state index contributed by atoms with van der Waals surface area (Å²) in [6, 6.07) is 24.0. The number of anilines is 1. The fourth-order valence-corrected chi connectivity index (χ4v) is 3.58. The number of nitrogens with zero attached hydrogens (tertiary/aromatic N) is 1. The fourth-order valence-electron chi connectivity index (χ4n) is 3.17. The molecule has 1 amide bonds. The Labute approximate surface area is 169 Å². The highest BCUT2D eigenvalue weighted by Gasteiger charge is 2.21. The van der Waals surface area contributed by atoms with E-state index in [1.165, 1.54) is 12.1 Å². The topological polar surface area (TPSA) is 32.3 Å². The van der Waals surface area contributed by atoms with E-state index in [0.717, 1.165) is 21.7 Å². The van der Waals surface area contributed by atoms with Crippen molar-refractivity contribution in [1.29, 1.82) is 0 Å². The van der Waals surface area contributed by atoms with Crippen LogP contribution in [0, 0.1) is 5.82 Å². The molecule has 0 spiro atoms. The lowest BCUT2D eigenvalue weighted by molar-refractivity contribution is -0.117. The normalized spacial score (nSPS) is 12.0. The molecule has 144 valence electrons. The van der Waals surface area contributed by atoms with Crippen LogP contribution in [-0.2, 0) is 4.79 Å². The Kier molecular flexibility index (Phi) is 6.85. The first-order valence-corrected chi connectivity index (χ1v) is 10.2. The lowest BCUT2D eigenvalue weighted by Crippen LogP contribution is -2.34. The third kappa shape index (κ3) is 5.21. The average Bonchev–Trinajstić information content (AvgIpc) is 2.71. The van der Waals surface area contributed by atoms with Crippen LogP contribution in [0.15, 0.2) is 83.8 Å². The maximum absolute atomic E-state index is 13.4. The third-order valence-corrected chi connectivity index (χ3v) is 5.25. The number of nitrogens with one attached hydrogen (secondary N) is 1. The molecule has 0 bridgehead atoms. The van der Waals surface area contributed by atoms with Gasteiger partial charge in [-0.2, -0.15) is 0 Å². The number of thioether (sulfide) groups is 1. The van der Waals surface area contributed by atoms with Gasteiger partial charge >= 0.3 is 0 Å². The minimum absolute atomic E-state index is 0.0950. The van der Waals surface area contributed by atoms with E-state index in [9.17, 15) is 9.18 Å². The quantitative estimate of drug-likeness (QED) is 0.559. The summed E-state index contributed by atoms with van der Waals surface area (Å²) in [7, 11) is 1.90. The maximum Gasteiger partial charge on any atom is 0.238 e. The molecule has 28 heavy (non-hydrogen) atoms. The molecule has 5 heteroatoms. The number of rotatable bonds is 7. The number of carbonyl (C=O) groups excluding carboxylic acids is 1. The van der Waals surface area contributed by atoms with Gasteiger partial charge in [-0.25, -0.2) is 4.39 Å². The molecule has 3 rings (SSSR count). The molecule has 0 aliphatic carbocycles. The van der Waals surface area contributed by atoms with E-state index in [-0.39, 0.29) is 24.3 Å². The summed E-state index contributed by atoms with van der Waals surface area (Å²) >= 11 is 1.66. The summed E-state index contributed by atoms with van der Waals surface area (Å²) in [4.78, 5) is 15.7. The predicted molar refractivity (Wildman–Crippen MR) is 114 cm³/mol. The van der Waals surface area contributed by atoms with Crippen molar-refractivity contribution in [3.63, 3.8) is 0 Å². The molecule has 3 aromatic carbocycles. The molecule has 0 aromatic heterocycles. The molecule has 0 radical (unpaired) electrons. The van der Waals surface area contributed by atoms with Crippen LogP contribution in [0.3, 0.4) is 0 Å². The lowest BCUT2D eigenvalue weighted by atomic mass is 9.97. The first-order valence-electron chi connectivity index (χ1n) is 9.01. The van der Waals surface area contributed by atoms with Crippen molar-refractivity contribution in [2.45, 2.75) is 10.9 Å². The van der Waals surface area contributed by atoms with Gasteiger partial charge in [0.15, 0.2) is 0 Å². The van der Waals surface area contributed by atoms with Crippen molar-refractivity contribution in [3.8, 4) is 0 Å². The number of hydrogen-bond acceptors (Lipinski definition) is 3. The summed E-state index contributed by atoms with van der Waals surface area (Å²) in [6.45, 7) is 0.210. The van der Waals surface area contributed by atoms with Crippen molar-refractivity contribution in [2.24, 2.45) is 0 Å². The van der Waals surface area contributed by atoms with E-state index in [1.807, 2.05) is 72.8 Å². The van der Waals surface area contributed by atoms with Gasteiger partial charge in [0, 0.05) is 10.6 Å². The fraction of sp³-hybridized carbons (Fsp3) is 0.174. The van der Waals surface area contributed by atoms with Gasteiger partial charge < -0.3 is 5.32 Å². The zero-order chi connectivity index (χ0) is 19.9. The SMILES string of the molecule is CSc1ccc(NC(=O)CN(C)C(c2ccccc2)c2ccc(F)cc2)cc1.